The van der Waals surface area contributed by atoms with Gasteiger partial charge in [-0.2, -0.15) is 26.3 Å². The van der Waals surface area contributed by atoms with Crippen molar-refractivity contribution in [2.24, 2.45) is 17.8 Å². The van der Waals surface area contributed by atoms with E-state index >= 15 is 0 Å². The lowest BCUT2D eigenvalue weighted by Gasteiger charge is -2.34. The number of alkyl carbamates (subject to hydrolysis) is 1. The predicted octanol–water partition coefficient (Wildman–Crippen LogP) is 5.88. The van der Waals surface area contributed by atoms with Gasteiger partial charge >= 0.3 is 18.4 Å². The van der Waals surface area contributed by atoms with Crippen molar-refractivity contribution in [3.8, 4) is 11.6 Å². The first-order valence-electron chi connectivity index (χ1n) is 20.0. The summed E-state index contributed by atoms with van der Waals surface area (Å²) >= 11 is 0. The number of ether oxygens (including phenoxy) is 3. The van der Waals surface area contributed by atoms with Gasteiger partial charge in [-0.1, -0.05) is 26.0 Å². The van der Waals surface area contributed by atoms with Crippen LogP contribution in [0.25, 0.3) is 10.8 Å². The maximum atomic E-state index is 14.7. The number of sulfonamides is 1. The van der Waals surface area contributed by atoms with Crippen LogP contribution in [0, 0.1) is 17.8 Å². The molecule has 3 fully saturated rings. The van der Waals surface area contributed by atoms with Crippen molar-refractivity contribution in [2.45, 2.75) is 119 Å². The largest absolute Gasteiger partial charge is 0.497 e. The molecule has 1 saturated heterocycles. The summed E-state index contributed by atoms with van der Waals surface area (Å²) in [6.07, 6.45) is -8.95. The summed E-state index contributed by atoms with van der Waals surface area (Å²) in [5, 5.41) is 4.97. The molecule has 0 spiro atoms. The smallest absolute Gasteiger partial charge is 0.433 e. The van der Waals surface area contributed by atoms with Crippen LogP contribution in [0.2, 0.25) is 0 Å². The highest BCUT2D eigenvalue weighted by molar-refractivity contribution is 7.91. The molecule has 2 aromatic rings. The number of nitrogens with zero attached hydrogens (tertiary/aromatic N) is 2. The summed E-state index contributed by atoms with van der Waals surface area (Å²) in [5.41, 5.74) is -6.23. The molecule has 2 saturated carbocycles. The summed E-state index contributed by atoms with van der Waals surface area (Å²) in [5.74, 6) is -5.21. The van der Waals surface area contributed by atoms with Gasteiger partial charge in [0.15, 0.2) is 0 Å². The summed E-state index contributed by atoms with van der Waals surface area (Å²) < 4.78 is 140. The summed E-state index contributed by atoms with van der Waals surface area (Å²) in [7, 11) is -3.24. The molecule has 0 radical (unpaired) electrons. The lowest BCUT2D eigenvalue weighted by Crippen LogP contribution is -2.60. The topological polar surface area (TPSA) is 182 Å². The molecule has 2 aliphatic carbocycles. The van der Waals surface area contributed by atoms with Crippen LogP contribution in [0.4, 0.5) is 35.5 Å². The first-order chi connectivity index (χ1) is 28.8. The number of hydrogen-bond donors (Lipinski definition) is 3. The van der Waals surface area contributed by atoms with Crippen LogP contribution >= 0.6 is 0 Å². The Morgan fingerprint density at radius 3 is 2.35 bits per heavy atom. The Balaban J connectivity index is 1.39. The molecule has 4 aliphatic rings. The molecule has 1 aromatic heterocycles. The van der Waals surface area contributed by atoms with Crippen LogP contribution < -0.4 is 24.8 Å². The number of allylic oxidation sites excluding steroid dienone is 1. The standard InChI is InChI=1S/C40H48F7N5O9S/c1-21-8-6-7-9-24-18-38(24,34(55)51-62(57,58)37(20-41)12-13-37)50-31(53)28-17-26(60-32-27-11-10-25(59-5)15-23(27)16-29(48-32)39(42,43)44)19-52(28)33(54)30(22(2)14-21)49-35(56)61-36(3,4)40(45,46)47/h7,9-11,15-16,21-22,24,26,28,30H,6,8,12-14,17-20H2,1-5H3,(H,49,56)(H,50,53)(H,51,55)/b9-7-/t21-,22+,24+,26+,28-,30-,38+/m0/s1. The van der Waals surface area contributed by atoms with E-state index in [0.717, 1.165) is 11.0 Å². The molecular formula is C40H48F7N5O9S. The molecular weight excluding hydrogens is 860 g/mol. The number of carbonyl (C=O) groups excluding carboxylic acids is 4. The fraction of sp³-hybridized carbons (Fsp3) is 0.625. The lowest BCUT2D eigenvalue weighted by molar-refractivity contribution is -0.244. The van der Waals surface area contributed by atoms with E-state index in [2.05, 4.69) is 15.6 Å². The first-order valence-corrected chi connectivity index (χ1v) is 21.5. The monoisotopic (exact) mass is 907 g/mol. The number of fused-ring (bicyclic) bond motifs is 3. The Morgan fingerprint density at radius 2 is 1.74 bits per heavy atom. The number of pyridine rings is 1. The maximum absolute atomic E-state index is 14.7. The summed E-state index contributed by atoms with van der Waals surface area (Å²) in [4.78, 5) is 60.9. The fourth-order valence-corrected chi connectivity index (χ4v) is 9.35. The summed E-state index contributed by atoms with van der Waals surface area (Å²) in [6.45, 7) is 2.83. The van der Waals surface area contributed by atoms with Gasteiger partial charge in [0.1, 0.15) is 46.6 Å². The number of halogens is 7. The van der Waals surface area contributed by atoms with E-state index in [4.69, 9.17) is 14.2 Å². The first kappa shape index (κ1) is 46.6. The number of amides is 4. The van der Waals surface area contributed by atoms with Gasteiger partial charge in [0.25, 0.3) is 5.91 Å². The molecule has 4 amide bonds. The maximum Gasteiger partial charge on any atom is 0.433 e. The van der Waals surface area contributed by atoms with E-state index in [-0.39, 0.29) is 48.1 Å². The second-order valence-electron chi connectivity index (χ2n) is 17.2. The van der Waals surface area contributed by atoms with Crippen LogP contribution in [0.1, 0.15) is 78.3 Å². The Hall–Kier alpha value is -4.89. The number of benzene rings is 1. The van der Waals surface area contributed by atoms with Gasteiger partial charge in [0.2, 0.25) is 33.3 Å². The third-order valence-electron chi connectivity index (χ3n) is 12.1. The highest BCUT2D eigenvalue weighted by atomic mass is 32.2. The molecule has 1 aromatic carbocycles. The summed E-state index contributed by atoms with van der Waals surface area (Å²) in [6, 6.07) is 1.69. The molecule has 22 heteroatoms. The Kier molecular flexibility index (Phi) is 12.5. The van der Waals surface area contributed by atoms with Gasteiger partial charge in [0.05, 0.1) is 13.7 Å². The molecule has 2 aliphatic heterocycles. The van der Waals surface area contributed by atoms with E-state index in [1.165, 1.54) is 25.3 Å². The number of hydrogen-bond acceptors (Lipinski definition) is 10. The molecule has 3 N–H and O–H groups in total. The quantitative estimate of drug-likeness (QED) is 0.203. The van der Waals surface area contributed by atoms with E-state index in [0.29, 0.717) is 26.7 Å². The van der Waals surface area contributed by atoms with Gasteiger partial charge in [-0.3, -0.25) is 19.1 Å². The number of alkyl halides is 7. The number of methoxy groups -OCH3 is 1. The van der Waals surface area contributed by atoms with Gasteiger partial charge in [-0.25, -0.2) is 22.6 Å². The molecule has 62 heavy (non-hydrogen) atoms. The second-order valence-corrected chi connectivity index (χ2v) is 19.3. The van der Waals surface area contributed by atoms with Gasteiger partial charge < -0.3 is 29.7 Å². The molecule has 342 valence electrons. The third kappa shape index (κ3) is 9.39. The van der Waals surface area contributed by atoms with Crippen molar-refractivity contribution < 1.29 is 72.5 Å². The van der Waals surface area contributed by atoms with Gasteiger partial charge in [-0.15, -0.1) is 0 Å². The van der Waals surface area contributed by atoms with Crippen molar-refractivity contribution in [2.75, 3.05) is 20.3 Å². The van der Waals surface area contributed by atoms with E-state index in [9.17, 15) is 58.3 Å². The zero-order valence-electron chi connectivity index (χ0n) is 34.4. The Morgan fingerprint density at radius 1 is 1.05 bits per heavy atom. The molecule has 0 unspecified atom stereocenters. The molecule has 0 bridgehead atoms. The average molecular weight is 908 g/mol. The highest BCUT2D eigenvalue weighted by Crippen LogP contribution is 2.48. The van der Waals surface area contributed by atoms with E-state index in [1.807, 2.05) is 11.6 Å². The fourth-order valence-electron chi connectivity index (χ4n) is 7.92. The molecule has 14 nitrogen and oxygen atoms in total. The number of nitrogens with one attached hydrogen (secondary N) is 3. The third-order valence-corrected chi connectivity index (χ3v) is 14.3. The van der Waals surface area contributed by atoms with E-state index in [1.54, 1.807) is 19.1 Å². The van der Waals surface area contributed by atoms with Crippen LogP contribution in [0.3, 0.4) is 0 Å². The molecule has 3 heterocycles. The van der Waals surface area contributed by atoms with Crippen molar-refractivity contribution in [1.82, 2.24) is 25.2 Å². The normalized spacial score (nSPS) is 28.6. The van der Waals surface area contributed by atoms with Crippen molar-refractivity contribution in [3.05, 3.63) is 42.1 Å². The van der Waals surface area contributed by atoms with Crippen LogP contribution in [-0.4, -0.2) is 103 Å². The van der Waals surface area contributed by atoms with Crippen molar-refractivity contribution >= 4 is 44.6 Å². The Bertz CT molecular complexity index is 2230. The minimum atomic E-state index is -5.01. The van der Waals surface area contributed by atoms with Crippen molar-refractivity contribution in [1.29, 1.82) is 0 Å². The van der Waals surface area contributed by atoms with Crippen LogP contribution in [-0.2, 0) is 35.3 Å². The number of carbonyl (C=O) groups is 4. The molecule has 7 atom stereocenters. The minimum absolute atomic E-state index is 0.0207. The van der Waals surface area contributed by atoms with Crippen LogP contribution in [0.5, 0.6) is 11.6 Å². The zero-order valence-corrected chi connectivity index (χ0v) is 35.2. The second kappa shape index (κ2) is 16.7. The Labute approximate surface area is 352 Å². The zero-order chi connectivity index (χ0) is 45.8. The highest BCUT2D eigenvalue weighted by Gasteiger charge is 2.64. The van der Waals surface area contributed by atoms with Crippen LogP contribution in [0.15, 0.2) is 36.4 Å². The van der Waals surface area contributed by atoms with Gasteiger partial charge in [-0.05, 0) is 93.9 Å². The van der Waals surface area contributed by atoms with Gasteiger partial charge in [0, 0.05) is 17.7 Å². The lowest BCUT2D eigenvalue weighted by atomic mass is 9.88. The number of aromatic nitrogens is 1. The average Bonchev–Trinajstić information content (AvgIpc) is 4.08. The SMILES string of the molecule is COc1ccc2c(O[C@@H]3C[C@H]4C(=O)N[C@]5(C(=O)NS(=O)(=O)C6(CF)CC6)C[C@H]5/C=C\CC[C@H](C)C[C@@H](C)[C@H](NC(=O)OC(C)(C)C(F)(F)F)C(=O)N4C3)nc(C(F)(F)F)cc2c1. The predicted molar refractivity (Wildman–Crippen MR) is 207 cm³/mol. The minimum Gasteiger partial charge on any atom is -0.497 e. The molecule has 6 rings (SSSR count). The van der Waals surface area contributed by atoms with E-state index < -0.39 is 123 Å². The number of rotatable bonds is 9. The van der Waals surface area contributed by atoms with Crippen molar-refractivity contribution in [3.63, 3.8) is 0 Å².